The first kappa shape index (κ1) is 11.1. The van der Waals surface area contributed by atoms with Crippen LogP contribution in [0.25, 0.3) is 11.0 Å². The standard InChI is InChI=1S/C8H5ClN4O4/c9-2-1-3-5(6(4(2)10)13(16)17)12-8(15)7(14)11-3/h1H,10H2,(H,11,14)(H,12,15). The predicted molar refractivity (Wildman–Crippen MR) is 61.3 cm³/mol. The smallest absolute Gasteiger partial charge is 0.319 e. The first-order chi connectivity index (χ1) is 7.91. The Labute approximate surface area is 97.2 Å². The van der Waals surface area contributed by atoms with Crippen molar-refractivity contribution in [3.05, 3.63) is 41.9 Å². The van der Waals surface area contributed by atoms with Crippen LogP contribution in [0.2, 0.25) is 5.02 Å². The van der Waals surface area contributed by atoms with Gasteiger partial charge in [-0.3, -0.25) is 19.7 Å². The molecule has 0 aliphatic heterocycles. The van der Waals surface area contributed by atoms with Crippen molar-refractivity contribution in [2.24, 2.45) is 0 Å². The van der Waals surface area contributed by atoms with E-state index in [1.165, 1.54) is 6.07 Å². The van der Waals surface area contributed by atoms with Crippen LogP contribution >= 0.6 is 11.6 Å². The van der Waals surface area contributed by atoms with Crippen molar-refractivity contribution in [2.75, 3.05) is 5.73 Å². The lowest BCUT2D eigenvalue weighted by Gasteiger charge is -2.03. The Hall–Kier alpha value is -2.35. The first-order valence-electron chi connectivity index (χ1n) is 4.30. The number of hydrogen-bond acceptors (Lipinski definition) is 5. The number of nitrogens with one attached hydrogen (secondary N) is 2. The van der Waals surface area contributed by atoms with Gasteiger partial charge in [-0.2, -0.15) is 0 Å². The molecule has 0 saturated carbocycles. The van der Waals surface area contributed by atoms with Crippen molar-refractivity contribution in [2.45, 2.75) is 0 Å². The molecule has 88 valence electrons. The SMILES string of the molecule is Nc1c(Cl)cc2[nH]c(=O)c(=O)[nH]c2c1[N+](=O)[O-]. The summed E-state index contributed by atoms with van der Waals surface area (Å²) in [4.78, 5) is 36.5. The molecule has 0 atom stereocenters. The number of fused-ring (bicyclic) bond motifs is 1. The molecule has 0 fully saturated rings. The van der Waals surface area contributed by atoms with Crippen LogP contribution in [-0.4, -0.2) is 14.9 Å². The van der Waals surface area contributed by atoms with E-state index in [-0.39, 0.29) is 21.7 Å². The van der Waals surface area contributed by atoms with Crippen LogP contribution in [0, 0.1) is 10.1 Å². The molecular formula is C8H5ClN4O4. The zero-order chi connectivity index (χ0) is 12.7. The Morgan fingerprint density at radius 2 is 1.88 bits per heavy atom. The summed E-state index contributed by atoms with van der Waals surface area (Å²) in [5, 5.41) is 10.8. The van der Waals surface area contributed by atoms with E-state index in [0.717, 1.165) is 0 Å². The van der Waals surface area contributed by atoms with Crippen molar-refractivity contribution < 1.29 is 4.92 Å². The zero-order valence-electron chi connectivity index (χ0n) is 8.11. The van der Waals surface area contributed by atoms with Crippen molar-refractivity contribution >= 4 is 34.0 Å². The molecule has 1 aromatic carbocycles. The Kier molecular flexibility index (Phi) is 2.36. The number of nitrogens with two attached hydrogens (primary N) is 1. The summed E-state index contributed by atoms with van der Waals surface area (Å²) in [5.74, 6) is 0. The normalized spacial score (nSPS) is 10.6. The van der Waals surface area contributed by atoms with Gasteiger partial charge in [-0.05, 0) is 6.07 Å². The maximum atomic E-state index is 11.1. The summed E-state index contributed by atoms with van der Waals surface area (Å²) in [7, 11) is 0. The van der Waals surface area contributed by atoms with Gasteiger partial charge in [-0.15, -0.1) is 0 Å². The second-order valence-corrected chi connectivity index (χ2v) is 3.62. The summed E-state index contributed by atoms with van der Waals surface area (Å²) < 4.78 is 0. The third-order valence-corrected chi connectivity index (χ3v) is 2.48. The highest BCUT2D eigenvalue weighted by Crippen LogP contribution is 2.34. The highest BCUT2D eigenvalue weighted by atomic mass is 35.5. The van der Waals surface area contributed by atoms with Gasteiger partial charge in [0.1, 0.15) is 11.2 Å². The molecule has 0 aliphatic carbocycles. The van der Waals surface area contributed by atoms with Gasteiger partial charge in [0.25, 0.3) is 0 Å². The number of rotatable bonds is 1. The second kappa shape index (κ2) is 3.59. The number of anilines is 1. The van der Waals surface area contributed by atoms with Gasteiger partial charge in [-0.1, -0.05) is 11.6 Å². The monoisotopic (exact) mass is 256 g/mol. The Balaban J connectivity index is 3.09. The minimum absolute atomic E-state index is 0.0421. The maximum absolute atomic E-state index is 11.1. The molecule has 0 aliphatic rings. The quantitative estimate of drug-likeness (QED) is 0.293. The topological polar surface area (TPSA) is 135 Å². The van der Waals surface area contributed by atoms with E-state index in [1.54, 1.807) is 0 Å². The third kappa shape index (κ3) is 1.64. The van der Waals surface area contributed by atoms with Crippen LogP contribution in [-0.2, 0) is 0 Å². The average Bonchev–Trinajstić information content (AvgIpc) is 2.23. The number of benzene rings is 1. The largest absolute Gasteiger partial charge is 0.392 e. The molecule has 0 amide bonds. The highest BCUT2D eigenvalue weighted by Gasteiger charge is 2.21. The van der Waals surface area contributed by atoms with Crippen molar-refractivity contribution in [3.63, 3.8) is 0 Å². The summed E-state index contributed by atoms with van der Waals surface area (Å²) >= 11 is 5.69. The molecule has 1 aromatic heterocycles. The minimum Gasteiger partial charge on any atom is -0.392 e. The van der Waals surface area contributed by atoms with Crippen molar-refractivity contribution in [3.8, 4) is 0 Å². The lowest BCUT2D eigenvalue weighted by Crippen LogP contribution is -2.29. The van der Waals surface area contributed by atoms with E-state index in [0.29, 0.717) is 0 Å². The Morgan fingerprint density at radius 3 is 2.47 bits per heavy atom. The predicted octanol–water partition coefficient (Wildman–Crippen LogP) is 0.360. The van der Waals surface area contributed by atoms with E-state index in [2.05, 4.69) is 9.97 Å². The fourth-order valence-electron chi connectivity index (χ4n) is 1.42. The molecule has 2 aromatic rings. The van der Waals surface area contributed by atoms with Crippen LogP contribution in [0.5, 0.6) is 0 Å². The minimum atomic E-state index is -0.998. The summed E-state index contributed by atoms with van der Waals surface area (Å²) in [6.07, 6.45) is 0. The van der Waals surface area contributed by atoms with Crippen LogP contribution in [0.1, 0.15) is 0 Å². The van der Waals surface area contributed by atoms with E-state index in [9.17, 15) is 19.7 Å². The molecule has 9 heteroatoms. The summed E-state index contributed by atoms with van der Waals surface area (Å²) in [5.41, 5.74) is 2.59. The summed E-state index contributed by atoms with van der Waals surface area (Å²) in [6.45, 7) is 0. The average molecular weight is 257 g/mol. The second-order valence-electron chi connectivity index (χ2n) is 3.21. The van der Waals surface area contributed by atoms with E-state index in [1.807, 2.05) is 0 Å². The summed E-state index contributed by atoms with van der Waals surface area (Å²) in [6, 6.07) is 1.23. The van der Waals surface area contributed by atoms with E-state index < -0.39 is 21.7 Å². The molecule has 0 bridgehead atoms. The molecule has 8 nitrogen and oxygen atoms in total. The molecule has 0 radical (unpaired) electrons. The number of nitrogens with zero attached hydrogens (tertiary/aromatic N) is 1. The number of nitro benzene ring substituents is 1. The maximum Gasteiger partial charge on any atom is 0.319 e. The number of aromatic amines is 2. The van der Waals surface area contributed by atoms with Gasteiger partial charge in [0.15, 0.2) is 0 Å². The zero-order valence-corrected chi connectivity index (χ0v) is 8.87. The first-order valence-corrected chi connectivity index (χ1v) is 4.68. The van der Waals surface area contributed by atoms with Crippen LogP contribution in [0.4, 0.5) is 11.4 Å². The molecule has 0 unspecified atom stereocenters. The molecule has 4 N–H and O–H groups in total. The van der Waals surface area contributed by atoms with Gasteiger partial charge < -0.3 is 15.7 Å². The molecule has 17 heavy (non-hydrogen) atoms. The molecular weight excluding hydrogens is 252 g/mol. The van der Waals surface area contributed by atoms with Gasteiger partial charge in [0.2, 0.25) is 0 Å². The molecule has 2 rings (SSSR count). The fourth-order valence-corrected chi connectivity index (χ4v) is 1.61. The van der Waals surface area contributed by atoms with Gasteiger partial charge in [0, 0.05) is 0 Å². The van der Waals surface area contributed by atoms with Crippen LogP contribution < -0.4 is 16.9 Å². The number of nitrogen functional groups attached to an aromatic ring is 1. The number of aromatic nitrogens is 2. The third-order valence-electron chi connectivity index (χ3n) is 2.17. The fraction of sp³-hybridized carbons (Fsp3) is 0. The number of halogens is 1. The molecule has 1 heterocycles. The van der Waals surface area contributed by atoms with Crippen molar-refractivity contribution in [1.29, 1.82) is 0 Å². The van der Waals surface area contributed by atoms with E-state index in [4.69, 9.17) is 17.3 Å². The number of nitro groups is 1. The Bertz CT molecular complexity index is 747. The number of hydrogen-bond donors (Lipinski definition) is 3. The van der Waals surface area contributed by atoms with Gasteiger partial charge >= 0.3 is 16.8 Å². The molecule has 0 spiro atoms. The van der Waals surface area contributed by atoms with E-state index >= 15 is 0 Å². The van der Waals surface area contributed by atoms with Gasteiger partial charge in [0.05, 0.1) is 15.5 Å². The lowest BCUT2D eigenvalue weighted by atomic mass is 10.2. The number of H-pyrrole nitrogens is 2. The molecule has 0 saturated heterocycles. The van der Waals surface area contributed by atoms with Crippen molar-refractivity contribution in [1.82, 2.24) is 9.97 Å². The Morgan fingerprint density at radius 1 is 1.29 bits per heavy atom. The lowest BCUT2D eigenvalue weighted by molar-refractivity contribution is -0.382. The highest BCUT2D eigenvalue weighted by molar-refractivity contribution is 6.34. The van der Waals surface area contributed by atoms with Crippen LogP contribution in [0.15, 0.2) is 15.7 Å². The van der Waals surface area contributed by atoms with Gasteiger partial charge in [-0.25, -0.2) is 0 Å². The van der Waals surface area contributed by atoms with Crippen LogP contribution in [0.3, 0.4) is 0 Å².